The van der Waals surface area contributed by atoms with Crippen LogP contribution in [0.15, 0.2) is 243 Å². The molecule has 10 aromatic carbocycles. The summed E-state index contributed by atoms with van der Waals surface area (Å²) in [4.78, 5) is 7.73. The number of pyridine rings is 1. The average molecular weight is 777 g/mol. The second-order valence-corrected chi connectivity index (χ2v) is 15.5. The van der Waals surface area contributed by atoms with Gasteiger partial charge in [-0.05, 0) is 103 Å². The Hall–Kier alpha value is -8.07. The Morgan fingerprint density at radius 1 is 0.262 bits per heavy atom. The Kier molecular flexibility index (Phi) is 9.22. The van der Waals surface area contributed by atoms with Crippen LogP contribution in [0.25, 0.3) is 88.2 Å². The van der Waals surface area contributed by atoms with E-state index < -0.39 is 0 Å². The van der Waals surface area contributed by atoms with Crippen LogP contribution < -0.4 is 4.90 Å². The lowest BCUT2D eigenvalue weighted by Crippen LogP contribution is -2.09. The van der Waals surface area contributed by atoms with Crippen LogP contribution in [0, 0.1) is 0 Å². The van der Waals surface area contributed by atoms with Crippen LogP contribution in [-0.2, 0) is 0 Å². The lowest BCUT2D eigenvalue weighted by Gasteiger charge is -2.25. The van der Waals surface area contributed by atoms with Gasteiger partial charge < -0.3 is 4.90 Å². The van der Waals surface area contributed by atoms with E-state index in [9.17, 15) is 0 Å². The number of nitrogens with zero attached hydrogens (tertiary/aromatic N) is 2. The average Bonchev–Trinajstić information content (AvgIpc) is 3.34. The molecular formula is C59H40N2. The summed E-state index contributed by atoms with van der Waals surface area (Å²) < 4.78 is 0. The van der Waals surface area contributed by atoms with Crippen LogP contribution in [-0.4, -0.2) is 4.98 Å². The van der Waals surface area contributed by atoms with E-state index in [0.717, 1.165) is 61.5 Å². The molecule has 286 valence electrons. The Labute approximate surface area is 356 Å². The summed E-state index contributed by atoms with van der Waals surface area (Å²) in [6.07, 6.45) is 0. The first-order valence-electron chi connectivity index (χ1n) is 20.9. The quantitative estimate of drug-likeness (QED) is 0.143. The smallest absolute Gasteiger partial charge is 0.0794 e. The van der Waals surface area contributed by atoms with Crippen LogP contribution in [0.5, 0.6) is 0 Å². The highest BCUT2D eigenvalue weighted by Crippen LogP contribution is 2.45. The number of para-hydroxylation sites is 3. The molecule has 0 aliphatic heterocycles. The van der Waals surface area contributed by atoms with E-state index in [2.05, 4.69) is 248 Å². The van der Waals surface area contributed by atoms with Gasteiger partial charge in [-0.25, -0.2) is 4.98 Å². The van der Waals surface area contributed by atoms with Crippen molar-refractivity contribution < 1.29 is 0 Å². The Morgan fingerprint density at radius 3 is 1.16 bits per heavy atom. The van der Waals surface area contributed by atoms with Crippen LogP contribution in [0.2, 0.25) is 0 Å². The second-order valence-electron chi connectivity index (χ2n) is 15.5. The van der Waals surface area contributed by atoms with Gasteiger partial charge in [0.05, 0.1) is 11.2 Å². The predicted octanol–water partition coefficient (Wildman–Crippen LogP) is 16.3. The van der Waals surface area contributed by atoms with Crippen molar-refractivity contribution in [3.8, 4) is 55.8 Å². The third-order valence-corrected chi connectivity index (χ3v) is 11.9. The maximum Gasteiger partial charge on any atom is 0.0794 e. The SMILES string of the molecule is c1ccc(-c2cc(-c3ccc(N(c4ccccc4)c4ccccc4)cc3)c3cccc(-c4ccc(-c5c6ccccc6c(-c6ccccc6)c6ccccc56)cc4)c3n2)cc1. The molecule has 11 aromatic rings. The van der Waals surface area contributed by atoms with Crippen molar-refractivity contribution in [3.63, 3.8) is 0 Å². The van der Waals surface area contributed by atoms with E-state index in [1.165, 1.54) is 43.8 Å². The Balaban J connectivity index is 1.04. The van der Waals surface area contributed by atoms with Gasteiger partial charge in [0.25, 0.3) is 0 Å². The number of anilines is 3. The standard InChI is InChI=1S/C59H40N2/c1-5-18-43(19-6-1)56-40-55(42-36-38-48(39-37-42)61(46-22-9-3-10-23-46)47-24-11-4-12-25-47)54-31-17-30-49(59(54)60-56)41-32-34-45(35-33-41)58-52-28-15-13-26-50(52)57(44-20-7-2-8-21-44)51-27-14-16-29-53(51)58/h1-40H. The first-order chi connectivity index (χ1) is 30.3. The van der Waals surface area contributed by atoms with Gasteiger partial charge >= 0.3 is 0 Å². The molecule has 1 aromatic heterocycles. The molecule has 0 unspecified atom stereocenters. The Morgan fingerprint density at radius 2 is 0.639 bits per heavy atom. The molecule has 0 bridgehead atoms. The number of rotatable bonds is 8. The molecule has 2 nitrogen and oxygen atoms in total. The third-order valence-electron chi connectivity index (χ3n) is 11.9. The fourth-order valence-electron chi connectivity index (χ4n) is 9.04. The molecule has 0 amide bonds. The third kappa shape index (κ3) is 6.61. The van der Waals surface area contributed by atoms with Crippen molar-refractivity contribution in [1.82, 2.24) is 4.98 Å². The fraction of sp³-hybridized carbons (Fsp3) is 0. The molecular weight excluding hydrogens is 737 g/mol. The first kappa shape index (κ1) is 36.0. The van der Waals surface area contributed by atoms with E-state index in [0.29, 0.717) is 0 Å². The monoisotopic (exact) mass is 776 g/mol. The number of fused-ring (bicyclic) bond motifs is 3. The van der Waals surface area contributed by atoms with E-state index in [1.807, 2.05) is 0 Å². The summed E-state index contributed by atoms with van der Waals surface area (Å²) in [6, 6.07) is 87.0. The van der Waals surface area contributed by atoms with Gasteiger partial charge in [0.15, 0.2) is 0 Å². The minimum absolute atomic E-state index is 0.947. The molecule has 0 saturated carbocycles. The zero-order chi connectivity index (χ0) is 40.5. The van der Waals surface area contributed by atoms with Crippen molar-refractivity contribution in [3.05, 3.63) is 243 Å². The largest absolute Gasteiger partial charge is 0.311 e. The molecule has 2 heteroatoms. The van der Waals surface area contributed by atoms with Gasteiger partial charge in [0, 0.05) is 33.6 Å². The normalized spacial score (nSPS) is 11.3. The van der Waals surface area contributed by atoms with Crippen LogP contribution in [0.3, 0.4) is 0 Å². The maximum atomic E-state index is 5.43. The molecule has 1 heterocycles. The first-order valence-corrected chi connectivity index (χ1v) is 20.9. The van der Waals surface area contributed by atoms with Crippen LogP contribution >= 0.6 is 0 Å². The van der Waals surface area contributed by atoms with Gasteiger partial charge in [-0.2, -0.15) is 0 Å². The van der Waals surface area contributed by atoms with Crippen molar-refractivity contribution in [2.24, 2.45) is 0 Å². The van der Waals surface area contributed by atoms with E-state index in [-0.39, 0.29) is 0 Å². The van der Waals surface area contributed by atoms with Gasteiger partial charge in [0.2, 0.25) is 0 Å². The number of benzene rings is 10. The number of aromatic nitrogens is 1. The zero-order valence-electron chi connectivity index (χ0n) is 33.5. The summed E-state index contributed by atoms with van der Waals surface area (Å²) in [5.74, 6) is 0. The number of hydrogen-bond donors (Lipinski definition) is 0. The molecule has 0 atom stereocenters. The van der Waals surface area contributed by atoms with Gasteiger partial charge in [-0.3, -0.25) is 0 Å². The van der Waals surface area contributed by atoms with E-state index in [4.69, 9.17) is 4.98 Å². The van der Waals surface area contributed by atoms with Crippen LogP contribution in [0.4, 0.5) is 17.1 Å². The zero-order valence-corrected chi connectivity index (χ0v) is 33.5. The summed E-state index contributed by atoms with van der Waals surface area (Å²) in [7, 11) is 0. The highest BCUT2D eigenvalue weighted by atomic mass is 15.1. The maximum absolute atomic E-state index is 5.43. The lowest BCUT2D eigenvalue weighted by atomic mass is 9.85. The minimum atomic E-state index is 0.947. The van der Waals surface area contributed by atoms with E-state index in [1.54, 1.807) is 0 Å². The molecule has 0 N–H and O–H groups in total. The molecule has 0 aliphatic carbocycles. The van der Waals surface area contributed by atoms with Crippen molar-refractivity contribution in [2.45, 2.75) is 0 Å². The number of hydrogen-bond acceptors (Lipinski definition) is 2. The molecule has 11 rings (SSSR count). The Bertz CT molecular complexity index is 3210. The van der Waals surface area contributed by atoms with Crippen molar-refractivity contribution in [2.75, 3.05) is 4.90 Å². The van der Waals surface area contributed by atoms with Crippen molar-refractivity contribution in [1.29, 1.82) is 0 Å². The fourth-order valence-corrected chi connectivity index (χ4v) is 9.04. The summed E-state index contributed by atoms with van der Waals surface area (Å²) >= 11 is 0. The molecule has 0 radical (unpaired) electrons. The molecule has 0 aliphatic rings. The lowest BCUT2D eigenvalue weighted by molar-refractivity contribution is 1.28. The highest BCUT2D eigenvalue weighted by molar-refractivity contribution is 6.21. The molecule has 0 fully saturated rings. The topological polar surface area (TPSA) is 16.1 Å². The second kappa shape index (κ2) is 15.6. The predicted molar refractivity (Wildman–Crippen MR) is 259 cm³/mol. The highest BCUT2D eigenvalue weighted by Gasteiger charge is 2.19. The molecule has 61 heavy (non-hydrogen) atoms. The summed E-state index contributed by atoms with van der Waals surface area (Å²) in [5, 5.41) is 6.13. The van der Waals surface area contributed by atoms with Gasteiger partial charge in [-0.1, -0.05) is 200 Å². The van der Waals surface area contributed by atoms with Crippen LogP contribution in [0.1, 0.15) is 0 Å². The molecule has 0 saturated heterocycles. The molecule has 0 spiro atoms. The summed E-state index contributed by atoms with van der Waals surface area (Å²) in [6.45, 7) is 0. The van der Waals surface area contributed by atoms with Gasteiger partial charge in [-0.15, -0.1) is 0 Å². The van der Waals surface area contributed by atoms with Gasteiger partial charge in [0.1, 0.15) is 0 Å². The van der Waals surface area contributed by atoms with Crippen molar-refractivity contribution >= 4 is 49.5 Å². The minimum Gasteiger partial charge on any atom is -0.311 e. The van der Waals surface area contributed by atoms with E-state index >= 15 is 0 Å². The summed E-state index contributed by atoms with van der Waals surface area (Å²) in [5.41, 5.74) is 15.8.